The maximum atomic E-state index is 11.9. The lowest BCUT2D eigenvalue weighted by Gasteiger charge is -2.12. The molecule has 1 N–H and O–H groups in total. The number of aryl methyl sites for hydroxylation is 1. The molecule has 5 heteroatoms. The van der Waals surface area contributed by atoms with Crippen LogP contribution in [-0.4, -0.2) is 22.2 Å². The third-order valence-corrected chi connectivity index (χ3v) is 2.95. The third kappa shape index (κ3) is 4.28. The summed E-state index contributed by atoms with van der Waals surface area (Å²) in [5.41, 5.74) is 0. The smallest absolute Gasteiger partial charge is 0.224 e. The molecule has 2 rings (SSSR count). The van der Waals surface area contributed by atoms with Gasteiger partial charge in [-0.25, -0.2) is 0 Å². The van der Waals surface area contributed by atoms with E-state index >= 15 is 0 Å². The van der Waals surface area contributed by atoms with Crippen LogP contribution in [0.15, 0.2) is 41.3 Å². The average Bonchev–Trinajstić information content (AvgIpc) is 3.07. The van der Waals surface area contributed by atoms with Gasteiger partial charge >= 0.3 is 0 Å². The Morgan fingerprint density at radius 2 is 2.42 bits per heavy atom. The Kier molecular flexibility index (Phi) is 4.78. The lowest BCUT2D eigenvalue weighted by molar-refractivity contribution is -0.124. The fraction of sp³-hybridized carbons (Fsp3) is 0.429. The highest BCUT2D eigenvalue weighted by Crippen LogP contribution is 2.03. The highest BCUT2D eigenvalue weighted by Gasteiger charge is 2.12. The summed E-state index contributed by atoms with van der Waals surface area (Å²) in [7, 11) is 0. The molecule has 0 fully saturated rings. The number of carbonyl (C=O) groups is 1. The maximum absolute atomic E-state index is 11.9. The Labute approximate surface area is 112 Å². The number of rotatable bonds is 7. The molecule has 0 saturated heterocycles. The van der Waals surface area contributed by atoms with Crippen LogP contribution in [0.1, 0.15) is 19.1 Å². The van der Waals surface area contributed by atoms with Crippen molar-refractivity contribution in [3.8, 4) is 0 Å². The first-order valence-corrected chi connectivity index (χ1v) is 6.53. The SMILES string of the molecule is CC(Cn1cccn1)C(=O)NCCCc1ccco1. The van der Waals surface area contributed by atoms with Gasteiger partial charge in [0.25, 0.3) is 0 Å². The first-order chi connectivity index (χ1) is 9.25. The molecule has 0 radical (unpaired) electrons. The fourth-order valence-electron chi connectivity index (χ4n) is 1.88. The highest BCUT2D eigenvalue weighted by atomic mass is 16.3. The Morgan fingerprint density at radius 3 is 3.11 bits per heavy atom. The van der Waals surface area contributed by atoms with Crippen LogP contribution in [-0.2, 0) is 17.8 Å². The number of carbonyl (C=O) groups excluding carboxylic acids is 1. The molecule has 2 aromatic rings. The zero-order valence-electron chi connectivity index (χ0n) is 11.1. The highest BCUT2D eigenvalue weighted by molar-refractivity contribution is 5.78. The minimum atomic E-state index is -0.0801. The van der Waals surface area contributed by atoms with Crippen molar-refractivity contribution in [1.29, 1.82) is 0 Å². The molecule has 1 atom stereocenters. The Bertz CT molecular complexity index is 477. The summed E-state index contributed by atoms with van der Waals surface area (Å²) in [6.07, 6.45) is 6.98. The van der Waals surface area contributed by atoms with Gasteiger partial charge in [0.15, 0.2) is 0 Å². The van der Waals surface area contributed by atoms with E-state index in [2.05, 4.69) is 10.4 Å². The van der Waals surface area contributed by atoms with Crippen molar-refractivity contribution in [1.82, 2.24) is 15.1 Å². The Hall–Kier alpha value is -2.04. The molecular formula is C14H19N3O2. The summed E-state index contributed by atoms with van der Waals surface area (Å²) < 4.78 is 7.00. The standard InChI is InChI=1S/C14H19N3O2/c1-12(11-17-9-4-8-16-17)14(18)15-7-2-5-13-6-3-10-19-13/h3-4,6,8-10,12H,2,5,7,11H2,1H3,(H,15,18). The van der Waals surface area contributed by atoms with Crippen LogP contribution in [0.25, 0.3) is 0 Å². The largest absolute Gasteiger partial charge is 0.469 e. The predicted molar refractivity (Wildman–Crippen MR) is 71.4 cm³/mol. The summed E-state index contributed by atoms with van der Waals surface area (Å²) in [5, 5.41) is 7.03. The monoisotopic (exact) mass is 261 g/mol. The fourth-order valence-corrected chi connectivity index (χ4v) is 1.88. The van der Waals surface area contributed by atoms with E-state index in [4.69, 9.17) is 4.42 Å². The molecule has 0 aliphatic rings. The molecule has 5 nitrogen and oxygen atoms in total. The van der Waals surface area contributed by atoms with Crippen molar-refractivity contribution in [2.45, 2.75) is 26.3 Å². The second kappa shape index (κ2) is 6.78. The number of nitrogens with one attached hydrogen (secondary N) is 1. The quantitative estimate of drug-likeness (QED) is 0.774. The van der Waals surface area contributed by atoms with E-state index < -0.39 is 0 Å². The van der Waals surface area contributed by atoms with Crippen molar-refractivity contribution < 1.29 is 9.21 Å². The molecule has 0 bridgehead atoms. The minimum absolute atomic E-state index is 0.0648. The third-order valence-electron chi connectivity index (χ3n) is 2.95. The van der Waals surface area contributed by atoms with Gasteiger partial charge in [-0.1, -0.05) is 6.92 Å². The second-order valence-corrected chi connectivity index (χ2v) is 4.60. The molecule has 0 saturated carbocycles. The molecule has 2 aromatic heterocycles. The van der Waals surface area contributed by atoms with E-state index in [1.54, 1.807) is 17.1 Å². The molecule has 1 amide bonds. The van der Waals surface area contributed by atoms with E-state index in [9.17, 15) is 4.79 Å². The van der Waals surface area contributed by atoms with Crippen molar-refractivity contribution in [3.05, 3.63) is 42.6 Å². The van der Waals surface area contributed by atoms with Crippen LogP contribution in [0.5, 0.6) is 0 Å². The van der Waals surface area contributed by atoms with Crippen molar-refractivity contribution >= 4 is 5.91 Å². The van der Waals surface area contributed by atoms with Gasteiger partial charge in [-0.2, -0.15) is 5.10 Å². The molecule has 0 aliphatic carbocycles. The number of hydrogen-bond acceptors (Lipinski definition) is 3. The average molecular weight is 261 g/mol. The number of hydrogen-bond donors (Lipinski definition) is 1. The van der Waals surface area contributed by atoms with E-state index in [1.165, 1.54) is 0 Å². The zero-order chi connectivity index (χ0) is 13.5. The molecule has 102 valence electrons. The van der Waals surface area contributed by atoms with Crippen LogP contribution >= 0.6 is 0 Å². The number of furan rings is 1. The van der Waals surface area contributed by atoms with Gasteiger partial charge in [-0.3, -0.25) is 9.48 Å². The number of nitrogens with zero attached hydrogens (tertiary/aromatic N) is 2. The van der Waals surface area contributed by atoms with Crippen molar-refractivity contribution in [3.63, 3.8) is 0 Å². The van der Waals surface area contributed by atoms with E-state index in [0.717, 1.165) is 18.6 Å². The molecule has 0 aromatic carbocycles. The van der Waals surface area contributed by atoms with Crippen LogP contribution in [0.3, 0.4) is 0 Å². The van der Waals surface area contributed by atoms with E-state index in [0.29, 0.717) is 13.1 Å². The lowest BCUT2D eigenvalue weighted by atomic mass is 10.1. The molecule has 1 unspecified atom stereocenters. The van der Waals surface area contributed by atoms with E-state index in [1.807, 2.05) is 31.3 Å². The minimum Gasteiger partial charge on any atom is -0.469 e. The summed E-state index contributed by atoms with van der Waals surface area (Å²) in [4.78, 5) is 11.9. The molecule has 0 aliphatic heterocycles. The van der Waals surface area contributed by atoms with Gasteiger partial charge in [0.05, 0.1) is 18.7 Å². The molecular weight excluding hydrogens is 242 g/mol. The second-order valence-electron chi connectivity index (χ2n) is 4.60. The van der Waals surface area contributed by atoms with Crippen LogP contribution in [0, 0.1) is 5.92 Å². The predicted octanol–water partition coefficient (Wildman–Crippen LogP) is 1.86. The lowest BCUT2D eigenvalue weighted by Crippen LogP contribution is -2.32. The topological polar surface area (TPSA) is 60.1 Å². The van der Waals surface area contributed by atoms with Crippen molar-refractivity contribution in [2.75, 3.05) is 6.54 Å². The summed E-state index contributed by atoms with van der Waals surface area (Å²) >= 11 is 0. The normalized spacial score (nSPS) is 12.3. The van der Waals surface area contributed by atoms with Crippen molar-refractivity contribution in [2.24, 2.45) is 5.92 Å². The first-order valence-electron chi connectivity index (χ1n) is 6.53. The number of amides is 1. The van der Waals surface area contributed by atoms with Crippen LogP contribution in [0.4, 0.5) is 0 Å². The van der Waals surface area contributed by atoms with Gasteiger partial charge < -0.3 is 9.73 Å². The maximum Gasteiger partial charge on any atom is 0.224 e. The van der Waals surface area contributed by atoms with Crippen LogP contribution < -0.4 is 5.32 Å². The van der Waals surface area contributed by atoms with Crippen LogP contribution in [0.2, 0.25) is 0 Å². The first kappa shape index (κ1) is 13.4. The summed E-state index contributed by atoms with van der Waals surface area (Å²) in [6.45, 7) is 3.18. The zero-order valence-corrected chi connectivity index (χ0v) is 11.1. The van der Waals surface area contributed by atoms with E-state index in [-0.39, 0.29) is 11.8 Å². The molecule has 0 spiro atoms. The van der Waals surface area contributed by atoms with Gasteiger partial charge in [0.2, 0.25) is 5.91 Å². The molecule has 19 heavy (non-hydrogen) atoms. The Balaban J connectivity index is 1.63. The van der Waals surface area contributed by atoms with Gasteiger partial charge in [-0.15, -0.1) is 0 Å². The summed E-state index contributed by atoms with van der Waals surface area (Å²) in [5.74, 6) is 0.942. The number of aromatic nitrogens is 2. The van der Waals surface area contributed by atoms with Gasteiger partial charge in [0, 0.05) is 25.4 Å². The van der Waals surface area contributed by atoms with Gasteiger partial charge in [0.1, 0.15) is 5.76 Å². The summed E-state index contributed by atoms with van der Waals surface area (Å²) in [6, 6.07) is 5.68. The molecule has 2 heterocycles. The Morgan fingerprint density at radius 1 is 1.53 bits per heavy atom. The van der Waals surface area contributed by atoms with Gasteiger partial charge in [-0.05, 0) is 24.6 Å².